The lowest BCUT2D eigenvalue weighted by Crippen LogP contribution is -2.27. The number of thiophene rings is 2. The zero-order valence-corrected chi connectivity index (χ0v) is 18.6. The molecular weight excluding hydrogens is 410 g/mol. The summed E-state index contributed by atoms with van der Waals surface area (Å²) < 4.78 is 2.65. The summed E-state index contributed by atoms with van der Waals surface area (Å²) in [5, 5.41) is 10.8. The number of carbonyl (C=O) groups excluding carboxylic acids is 1. The summed E-state index contributed by atoms with van der Waals surface area (Å²) in [7, 11) is 1.60. The van der Waals surface area contributed by atoms with Gasteiger partial charge in [0.05, 0.1) is 19.7 Å². The Balaban J connectivity index is 1.80. The van der Waals surface area contributed by atoms with E-state index in [1.165, 1.54) is 31.4 Å². The van der Waals surface area contributed by atoms with Crippen LogP contribution in [-0.2, 0) is 11.3 Å². The summed E-state index contributed by atoms with van der Waals surface area (Å²) in [5.74, 6) is -0.0984. The molecule has 1 aliphatic carbocycles. The highest BCUT2D eigenvalue weighted by Crippen LogP contribution is 2.48. The van der Waals surface area contributed by atoms with Crippen LogP contribution in [0.4, 0.5) is 0 Å². The van der Waals surface area contributed by atoms with Crippen LogP contribution >= 0.6 is 34.4 Å². The van der Waals surface area contributed by atoms with Gasteiger partial charge >= 0.3 is 0 Å². The Hall–Kier alpha value is -1.90. The molecular formula is C20H21N3O2S3. The molecule has 0 saturated carbocycles. The average molecular weight is 432 g/mol. The van der Waals surface area contributed by atoms with E-state index in [2.05, 4.69) is 30.4 Å². The first-order chi connectivity index (χ1) is 13.4. The molecule has 0 saturated heterocycles. The van der Waals surface area contributed by atoms with Gasteiger partial charge in [0.15, 0.2) is 0 Å². The third kappa shape index (κ3) is 3.44. The van der Waals surface area contributed by atoms with E-state index in [1.54, 1.807) is 36.4 Å². The van der Waals surface area contributed by atoms with Crippen LogP contribution in [0.2, 0.25) is 0 Å². The molecule has 0 aromatic carbocycles. The molecule has 0 unspecified atom stereocenters. The van der Waals surface area contributed by atoms with E-state index in [0.717, 1.165) is 29.1 Å². The zero-order valence-electron chi connectivity index (χ0n) is 16.2. The molecule has 0 radical (unpaired) electrons. The van der Waals surface area contributed by atoms with E-state index >= 15 is 0 Å². The first-order valence-electron chi connectivity index (χ1n) is 8.88. The molecule has 3 aromatic heterocycles. The number of oxime groups is 1. The second-order valence-electron chi connectivity index (χ2n) is 7.44. The third-order valence-electron chi connectivity index (χ3n) is 4.71. The number of carbonyl (C=O) groups is 1. The molecule has 8 heteroatoms. The van der Waals surface area contributed by atoms with Gasteiger partial charge in [0, 0.05) is 11.8 Å². The number of rotatable bonds is 4. The van der Waals surface area contributed by atoms with Crippen molar-refractivity contribution >= 4 is 46.1 Å². The summed E-state index contributed by atoms with van der Waals surface area (Å²) in [6, 6.07) is 5.63. The van der Waals surface area contributed by atoms with E-state index in [0.29, 0.717) is 4.88 Å². The summed E-state index contributed by atoms with van der Waals surface area (Å²) in [6.07, 6.45) is 5.66. The van der Waals surface area contributed by atoms with Crippen LogP contribution in [0.5, 0.6) is 0 Å². The van der Waals surface area contributed by atoms with Crippen LogP contribution < -0.4 is 0 Å². The Morgan fingerprint density at radius 2 is 2.18 bits per heavy atom. The van der Waals surface area contributed by atoms with Crippen molar-refractivity contribution in [2.45, 2.75) is 30.9 Å². The van der Waals surface area contributed by atoms with E-state index in [9.17, 15) is 4.79 Å². The minimum absolute atomic E-state index is 0.0885. The van der Waals surface area contributed by atoms with Gasteiger partial charge in [-0.1, -0.05) is 25.1 Å². The fourth-order valence-corrected chi connectivity index (χ4v) is 6.32. The normalized spacial score (nSPS) is 16.9. The standard InChI is InChI=1S/C20H21N3O2S3/c1-20(2)10-12-16(14(11-20)22-25-3)19(26-4)28-17(12)13-7-8-23(21-13)18(24)15-6-5-9-27-15/h5-9H,10-11H2,1-4H3/b22-14-. The molecule has 3 heterocycles. The molecule has 0 fully saturated rings. The minimum Gasteiger partial charge on any atom is -0.399 e. The summed E-state index contributed by atoms with van der Waals surface area (Å²) in [5.41, 5.74) is 4.37. The van der Waals surface area contributed by atoms with Crippen LogP contribution in [-0.4, -0.2) is 34.8 Å². The lowest BCUT2D eigenvalue weighted by Gasteiger charge is -2.31. The molecule has 0 amide bonds. The molecule has 0 atom stereocenters. The minimum atomic E-state index is -0.0984. The molecule has 5 nitrogen and oxygen atoms in total. The van der Waals surface area contributed by atoms with Gasteiger partial charge < -0.3 is 4.84 Å². The van der Waals surface area contributed by atoms with Crippen LogP contribution in [0.1, 0.15) is 41.1 Å². The Kier molecular flexibility index (Phi) is 5.20. The largest absolute Gasteiger partial charge is 0.399 e. The van der Waals surface area contributed by atoms with Gasteiger partial charge in [-0.15, -0.1) is 34.4 Å². The predicted molar refractivity (Wildman–Crippen MR) is 117 cm³/mol. The fourth-order valence-electron chi connectivity index (χ4n) is 3.60. The van der Waals surface area contributed by atoms with Crippen molar-refractivity contribution in [3.63, 3.8) is 0 Å². The smallest absolute Gasteiger partial charge is 0.288 e. The molecule has 4 rings (SSSR count). The quantitative estimate of drug-likeness (QED) is 0.410. The number of hydrogen-bond donors (Lipinski definition) is 0. The number of aromatic nitrogens is 2. The van der Waals surface area contributed by atoms with Crippen molar-refractivity contribution in [3.05, 3.63) is 45.8 Å². The molecule has 0 bridgehead atoms. The Bertz CT molecular complexity index is 1050. The highest BCUT2D eigenvalue weighted by Gasteiger charge is 2.36. The van der Waals surface area contributed by atoms with Gasteiger partial charge in [0.1, 0.15) is 12.8 Å². The number of nitrogens with zero attached hydrogens (tertiary/aromatic N) is 3. The summed E-state index contributed by atoms with van der Waals surface area (Å²) >= 11 is 4.87. The first kappa shape index (κ1) is 19.4. The highest BCUT2D eigenvalue weighted by atomic mass is 32.2. The van der Waals surface area contributed by atoms with Crippen LogP contribution in [0, 0.1) is 5.41 Å². The number of thioether (sulfide) groups is 1. The predicted octanol–water partition coefficient (Wildman–Crippen LogP) is 5.41. The molecule has 28 heavy (non-hydrogen) atoms. The number of fused-ring (bicyclic) bond motifs is 1. The molecule has 0 N–H and O–H groups in total. The van der Waals surface area contributed by atoms with Crippen LogP contribution in [0.15, 0.2) is 39.1 Å². The second-order valence-corrected chi connectivity index (χ2v) is 10.5. The third-order valence-corrected chi connectivity index (χ3v) is 7.95. The van der Waals surface area contributed by atoms with Crippen molar-refractivity contribution in [2.75, 3.05) is 13.4 Å². The van der Waals surface area contributed by atoms with Gasteiger partial charge in [-0.2, -0.15) is 5.10 Å². The fraction of sp³-hybridized carbons (Fsp3) is 0.350. The van der Waals surface area contributed by atoms with Crippen molar-refractivity contribution in [1.82, 2.24) is 9.78 Å². The average Bonchev–Trinajstić information content (AvgIpc) is 3.39. The lowest BCUT2D eigenvalue weighted by molar-refractivity contribution is 0.0949. The zero-order chi connectivity index (χ0) is 19.9. The maximum Gasteiger partial charge on any atom is 0.288 e. The van der Waals surface area contributed by atoms with E-state index in [1.807, 2.05) is 23.6 Å². The van der Waals surface area contributed by atoms with E-state index in [4.69, 9.17) is 4.84 Å². The SMILES string of the molecule is CO/N=C1/CC(C)(C)Cc2c(-c3ccn(C(=O)c4cccs4)n3)sc(SC)c21. The van der Waals surface area contributed by atoms with Crippen LogP contribution in [0.25, 0.3) is 10.6 Å². The van der Waals surface area contributed by atoms with Gasteiger partial charge in [-0.05, 0) is 47.6 Å². The van der Waals surface area contributed by atoms with Crippen molar-refractivity contribution in [3.8, 4) is 10.6 Å². The topological polar surface area (TPSA) is 56.5 Å². The van der Waals surface area contributed by atoms with E-state index in [-0.39, 0.29) is 11.3 Å². The van der Waals surface area contributed by atoms with Crippen molar-refractivity contribution in [2.24, 2.45) is 10.6 Å². The van der Waals surface area contributed by atoms with E-state index < -0.39 is 0 Å². The lowest BCUT2D eigenvalue weighted by atomic mass is 9.74. The van der Waals surface area contributed by atoms with Crippen molar-refractivity contribution in [1.29, 1.82) is 0 Å². The number of hydrogen-bond acceptors (Lipinski definition) is 7. The Morgan fingerprint density at radius 3 is 2.86 bits per heavy atom. The van der Waals surface area contributed by atoms with Gasteiger partial charge in [-0.25, -0.2) is 4.68 Å². The molecule has 1 aliphatic rings. The monoisotopic (exact) mass is 431 g/mol. The molecule has 146 valence electrons. The van der Waals surface area contributed by atoms with Crippen LogP contribution in [0.3, 0.4) is 0 Å². The summed E-state index contributed by atoms with van der Waals surface area (Å²) in [6.45, 7) is 4.50. The summed E-state index contributed by atoms with van der Waals surface area (Å²) in [4.78, 5) is 19.6. The van der Waals surface area contributed by atoms with Gasteiger partial charge in [-0.3, -0.25) is 4.79 Å². The highest BCUT2D eigenvalue weighted by molar-refractivity contribution is 8.00. The second kappa shape index (κ2) is 7.50. The molecule has 0 aliphatic heterocycles. The first-order valence-corrected chi connectivity index (χ1v) is 11.8. The maximum atomic E-state index is 12.6. The van der Waals surface area contributed by atoms with Gasteiger partial charge in [0.25, 0.3) is 5.91 Å². The molecule has 0 spiro atoms. The van der Waals surface area contributed by atoms with Crippen molar-refractivity contribution < 1.29 is 9.63 Å². The maximum absolute atomic E-state index is 12.6. The van der Waals surface area contributed by atoms with Gasteiger partial charge in [0.2, 0.25) is 0 Å². The molecule has 3 aromatic rings. The Labute approximate surface area is 176 Å². The Morgan fingerprint density at radius 1 is 1.36 bits per heavy atom.